The third kappa shape index (κ3) is 7.34. The summed E-state index contributed by atoms with van der Waals surface area (Å²) in [6, 6.07) is 1.09. The Morgan fingerprint density at radius 3 is 2.59 bits per heavy atom. The van der Waals surface area contributed by atoms with Crippen LogP contribution in [-0.2, 0) is 9.59 Å². The lowest BCUT2D eigenvalue weighted by Gasteiger charge is -2.16. The van der Waals surface area contributed by atoms with E-state index in [1.807, 2.05) is 0 Å². The number of aliphatic hydroxyl groups is 1. The SMILES string of the molecule is CC(=O)O.Cc1cc(C(=O)N[C@H]2C[C@H](C(=O)NCC3=CCCCC3)C[C@@H]2O)no1. The van der Waals surface area contributed by atoms with E-state index in [1.54, 1.807) is 13.0 Å². The highest BCUT2D eigenvalue weighted by Gasteiger charge is 2.38. The third-order valence-corrected chi connectivity index (χ3v) is 4.95. The Hall–Kier alpha value is -2.68. The minimum Gasteiger partial charge on any atom is -0.481 e. The lowest BCUT2D eigenvalue weighted by molar-refractivity contribution is -0.134. The van der Waals surface area contributed by atoms with E-state index in [-0.39, 0.29) is 17.5 Å². The summed E-state index contributed by atoms with van der Waals surface area (Å²) in [5, 5.41) is 27.0. The number of aryl methyl sites for hydroxylation is 1. The molecule has 3 rings (SSSR count). The highest BCUT2D eigenvalue weighted by atomic mass is 16.5. The molecule has 0 radical (unpaired) electrons. The number of aliphatic carboxylic acids is 1. The fourth-order valence-electron chi connectivity index (χ4n) is 3.51. The molecule has 29 heavy (non-hydrogen) atoms. The highest BCUT2D eigenvalue weighted by Crippen LogP contribution is 2.27. The van der Waals surface area contributed by atoms with Crippen molar-refractivity contribution in [3.8, 4) is 0 Å². The van der Waals surface area contributed by atoms with Gasteiger partial charge in [-0.25, -0.2) is 0 Å². The Kier molecular flexibility index (Phi) is 8.38. The van der Waals surface area contributed by atoms with E-state index in [2.05, 4.69) is 21.9 Å². The molecule has 1 heterocycles. The average Bonchev–Trinajstić information content (AvgIpc) is 3.26. The topological polar surface area (TPSA) is 142 Å². The number of hydrogen-bond acceptors (Lipinski definition) is 6. The molecule has 0 aliphatic heterocycles. The van der Waals surface area contributed by atoms with E-state index in [4.69, 9.17) is 14.4 Å². The second-order valence-corrected chi connectivity index (χ2v) is 7.48. The summed E-state index contributed by atoms with van der Waals surface area (Å²) in [7, 11) is 0. The summed E-state index contributed by atoms with van der Waals surface area (Å²) >= 11 is 0. The van der Waals surface area contributed by atoms with Crippen LogP contribution in [0.25, 0.3) is 0 Å². The zero-order valence-corrected chi connectivity index (χ0v) is 16.8. The summed E-state index contributed by atoms with van der Waals surface area (Å²) in [4.78, 5) is 33.5. The Balaban J connectivity index is 0.000000687. The van der Waals surface area contributed by atoms with E-state index >= 15 is 0 Å². The molecule has 1 fully saturated rings. The second-order valence-electron chi connectivity index (χ2n) is 7.48. The molecule has 1 saturated carbocycles. The lowest BCUT2D eigenvalue weighted by Crippen LogP contribution is -2.40. The summed E-state index contributed by atoms with van der Waals surface area (Å²) in [5.74, 6) is -1.02. The molecule has 2 amide bonds. The van der Waals surface area contributed by atoms with Gasteiger partial charge in [-0.05, 0) is 45.4 Å². The van der Waals surface area contributed by atoms with Crippen LogP contribution in [0.4, 0.5) is 0 Å². The molecule has 0 unspecified atom stereocenters. The number of amides is 2. The Morgan fingerprint density at radius 2 is 2.00 bits per heavy atom. The van der Waals surface area contributed by atoms with E-state index in [1.165, 1.54) is 18.4 Å². The molecule has 1 aromatic rings. The number of carbonyl (C=O) groups is 3. The van der Waals surface area contributed by atoms with Crippen molar-refractivity contribution in [2.45, 2.75) is 64.5 Å². The van der Waals surface area contributed by atoms with Crippen LogP contribution < -0.4 is 10.6 Å². The smallest absolute Gasteiger partial charge is 0.300 e. The van der Waals surface area contributed by atoms with Crippen LogP contribution in [0.3, 0.4) is 0 Å². The van der Waals surface area contributed by atoms with Gasteiger partial charge in [0.25, 0.3) is 11.9 Å². The minimum absolute atomic E-state index is 0.0560. The molecular weight excluding hydrogens is 378 g/mol. The van der Waals surface area contributed by atoms with Crippen LogP contribution >= 0.6 is 0 Å². The van der Waals surface area contributed by atoms with Gasteiger partial charge in [0.05, 0.1) is 12.1 Å². The molecule has 0 spiro atoms. The van der Waals surface area contributed by atoms with Crippen LogP contribution in [0.2, 0.25) is 0 Å². The molecule has 1 aromatic heterocycles. The van der Waals surface area contributed by atoms with Crippen molar-refractivity contribution in [3.05, 3.63) is 29.2 Å². The van der Waals surface area contributed by atoms with Gasteiger partial charge in [0.2, 0.25) is 5.91 Å². The van der Waals surface area contributed by atoms with Gasteiger partial charge in [-0.3, -0.25) is 14.4 Å². The van der Waals surface area contributed by atoms with E-state index < -0.39 is 24.0 Å². The normalized spacial score (nSPS) is 23.4. The number of aliphatic hydroxyl groups excluding tert-OH is 1. The first-order chi connectivity index (χ1) is 13.8. The maximum Gasteiger partial charge on any atom is 0.300 e. The quantitative estimate of drug-likeness (QED) is 0.543. The maximum atomic E-state index is 12.3. The molecule has 0 aromatic carbocycles. The number of carboxylic acid groups (broad SMARTS) is 1. The molecule has 3 atom stereocenters. The number of carbonyl (C=O) groups excluding carboxylic acids is 2. The summed E-state index contributed by atoms with van der Waals surface area (Å²) in [6.45, 7) is 3.37. The van der Waals surface area contributed by atoms with Crippen molar-refractivity contribution >= 4 is 17.8 Å². The fraction of sp³-hybridized carbons (Fsp3) is 0.600. The summed E-state index contributed by atoms with van der Waals surface area (Å²) in [6.07, 6.45) is 6.78. The Morgan fingerprint density at radius 1 is 1.28 bits per heavy atom. The number of allylic oxidation sites excluding steroid dienone is 1. The van der Waals surface area contributed by atoms with Gasteiger partial charge in [-0.1, -0.05) is 16.8 Å². The van der Waals surface area contributed by atoms with Gasteiger partial charge < -0.3 is 25.4 Å². The number of hydrogen-bond donors (Lipinski definition) is 4. The number of rotatable bonds is 5. The van der Waals surface area contributed by atoms with Crippen LogP contribution in [0.5, 0.6) is 0 Å². The number of nitrogens with one attached hydrogen (secondary N) is 2. The molecule has 4 N–H and O–H groups in total. The zero-order chi connectivity index (χ0) is 21.4. The largest absolute Gasteiger partial charge is 0.481 e. The maximum absolute atomic E-state index is 12.3. The first-order valence-corrected chi connectivity index (χ1v) is 9.83. The van der Waals surface area contributed by atoms with E-state index in [9.17, 15) is 14.7 Å². The molecule has 0 saturated heterocycles. The third-order valence-electron chi connectivity index (χ3n) is 4.95. The van der Waals surface area contributed by atoms with Crippen LogP contribution in [0, 0.1) is 12.8 Å². The first-order valence-electron chi connectivity index (χ1n) is 9.83. The second kappa shape index (κ2) is 10.8. The van der Waals surface area contributed by atoms with Crippen molar-refractivity contribution in [3.63, 3.8) is 0 Å². The average molecular weight is 407 g/mol. The van der Waals surface area contributed by atoms with Crippen LogP contribution in [0.1, 0.15) is 61.7 Å². The van der Waals surface area contributed by atoms with Gasteiger partial charge in [0.1, 0.15) is 5.76 Å². The summed E-state index contributed by atoms with van der Waals surface area (Å²) in [5.41, 5.74) is 1.46. The Bertz CT molecular complexity index is 753. The van der Waals surface area contributed by atoms with Crippen LogP contribution in [-0.4, -0.2) is 51.8 Å². The van der Waals surface area contributed by atoms with E-state index in [0.29, 0.717) is 25.1 Å². The molecule has 2 aliphatic carbocycles. The standard InChI is InChI=1S/C18H25N3O4.C2H4O2/c1-11-7-15(21-25-11)18(24)20-14-8-13(9-16(14)22)17(23)19-10-12-5-3-2-4-6-12;1-2(3)4/h5,7,13-14,16,22H,2-4,6,8-10H2,1H3,(H,19,23)(H,20,24);1H3,(H,3,4)/t13-,14-,16-;/m0./s1. The lowest BCUT2D eigenvalue weighted by atomic mass is 9.99. The molecule has 9 heteroatoms. The van der Waals surface area contributed by atoms with Gasteiger partial charge >= 0.3 is 0 Å². The van der Waals surface area contributed by atoms with Crippen molar-refractivity contribution in [2.24, 2.45) is 5.92 Å². The number of carboxylic acids is 1. The zero-order valence-electron chi connectivity index (χ0n) is 16.8. The summed E-state index contributed by atoms with van der Waals surface area (Å²) < 4.78 is 4.88. The van der Waals surface area contributed by atoms with Crippen molar-refractivity contribution in [1.82, 2.24) is 15.8 Å². The van der Waals surface area contributed by atoms with Crippen molar-refractivity contribution < 1.29 is 29.1 Å². The predicted molar refractivity (Wildman–Crippen MR) is 104 cm³/mol. The number of aromatic nitrogens is 1. The molecule has 0 bridgehead atoms. The van der Waals surface area contributed by atoms with Gasteiger partial charge in [-0.15, -0.1) is 0 Å². The van der Waals surface area contributed by atoms with Crippen molar-refractivity contribution in [1.29, 1.82) is 0 Å². The Labute approximate surface area is 169 Å². The highest BCUT2D eigenvalue weighted by molar-refractivity contribution is 5.92. The fourth-order valence-corrected chi connectivity index (χ4v) is 3.51. The van der Waals surface area contributed by atoms with Gasteiger partial charge in [0, 0.05) is 25.5 Å². The molecule has 2 aliphatic rings. The molecular formula is C20H29N3O6. The predicted octanol–water partition coefficient (Wildman–Crippen LogP) is 1.56. The van der Waals surface area contributed by atoms with Gasteiger partial charge in [0.15, 0.2) is 5.69 Å². The van der Waals surface area contributed by atoms with Gasteiger partial charge in [-0.2, -0.15) is 0 Å². The monoisotopic (exact) mass is 407 g/mol. The minimum atomic E-state index is -0.833. The van der Waals surface area contributed by atoms with E-state index in [0.717, 1.165) is 19.8 Å². The number of nitrogens with zero attached hydrogens (tertiary/aromatic N) is 1. The molecule has 160 valence electrons. The first kappa shape index (κ1) is 22.6. The van der Waals surface area contributed by atoms with Crippen LogP contribution in [0.15, 0.2) is 22.2 Å². The molecule has 9 nitrogen and oxygen atoms in total. The van der Waals surface area contributed by atoms with Crippen molar-refractivity contribution in [2.75, 3.05) is 6.54 Å².